The van der Waals surface area contributed by atoms with Gasteiger partial charge in [0.05, 0.1) is 0 Å². The van der Waals surface area contributed by atoms with Crippen LogP contribution in [0.25, 0.3) is 0 Å². The molecule has 1 aliphatic heterocycles. The third kappa shape index (κ3) is 10.5. The van der Waals surface area contributed by atoms with Crippen molar-refractivity contribution in [3.63, 3.8) is 0 Å². The van der Waals surface area contributed by atoms with E-state index in [1.54, 1.807) is 27.9 Å². The second-order valence-corrected chi connectivity index (χ2v) is 8.01. The van der Waals surface area contributed by atoms with Crippen LogP contribution in [0.4, 0.5) is 4.79 Å². The van der Waals surface area contributed by atoms with E-state index in [-0.39, 0.29) is 11.8 Å². The number of carbonyl (C=O) groups excluding carboxylic acids is 2. The largest absolute Gasteiger partial charge is 0.444 e. The normalized spacial score (nSPS) is 16.8. The molecule has 0 bridgehead atoms. The Bertz CT molecular complexity index is 447. The number of rotatable bonds is 10. The summed E-state index contributed by atoms with van der Waals surface area (Å²) in [7, 11) is 3.70. The first kappa shape index (κ1) is 23.7. The van der Waals surface area contributed by atoms with Gasteiger partial charge in [0.15, 0.2) is 0 Å². The molecule has 27 heavy (non-hydrogen) atoms. The van der Waals surface area contributed by atoms with E-state index >= 15 is 0 Å². The van der Waals surface area contributed by atoms with Gasteiger partial charge >= 0.3 is 6.09 Å². The number of methoxy groups -OCH3 is 1. The Kier molecular flexibility index (Phi) is 10.6. The van der Waals surface area contributed by atoms with E-state index in [4.69, 9.17) is 14.2 Å². The summed E-state index contributed by atoms with van der Waals surface area (Å²) in [4.78, 5) is 27.0. The van der Waals surface area contributed by atoms with Gasteiger partial charge in [-0.25, -0.2) is 4.79 Å². The van der Waals surface area contributed by atoms with E-state index in [0.29, 0.717) is 19.8 Å². The molecule has 0 aromatic heterocycles. The number of ether oxygens (including phenoxy) is 3. The lowest BCUT2D eigenvalue weighted by atomic mass is 9.91. The summed E-state index contributed by atoms with van der Waals surface area (Å²) in [6.45, 7) is 9.51. The first-order valence-corrected chi connectivity index (χ1v) is 9.75. The third-order valence-corrected chi connectivity index (χ3v) is 4.37. The van der Waals surface area contributed by atoms with Gasteiger partial charge in [-0.2, -0.15) is 0 Å². The molecule has 2 N–H and O–H groups in total. The van der Waals surface area contributed by atoms with Crippen LogP contribution < -0.4 is 10.6 Å². The maximum atomic E-state index is 12.7. The second-order valence-electron chi connectivity index (χ2n) is 8.01. The summed E-state index contributed by atoms with van der Waals surface area (Å²) in [6, 6.07) is -0.609. The predicted molar refractivity (Wildman–Crippen MR) is 104 cm³/mol. The van der Waals surface area contributed by atoms with Crippen LogP contribution in [0.1, 0.15) is 40.0 Å². The molecule has 0 aromatic rings. The molecule has 2 amide bonds. The van der Waals surface area contributed by atoms with Crippen molar-refractivity contribution in [1.82, 2.24) is 15.5 Å². The molecule has 8 nitrogen and oxygen atoms in total. The molecule has 0 saturated carbocycles. The zero-order valence-electron chi connectivity index (χ0n) is 17.5. The van der Waals surface area contributed by atoms with Gasteiger partial charge in [0, 0.05) is 46.6 Å². The Morgan fingerprint density at radius 3 is 2.48 bits per heavy atom. The fourth-order valence-corrected chi connectivity index (χ4v) is 2.95. The van der Waals surface area contributed by atoms with Crippen LogP contribution in [0.3, 0.4) is 0 Å². The van der Waals surface area contributed by atoms with E-state index in [1.807, 2.05) is 7.05 Å². The molecule has 1 saturated heterocycles. The van der Waals surface area contributed by atoms with Crippen molar-refractivity contribution in [2.45, 2.75) is 51.7 Å². The van der Waals surface area contributed by atoms with E-state index in [1.165, 1.54) is 0 Å². The molecule has 1 fully saturated rings. The summed E-state index contributed by atoms with van der Waals surface area (Å²) in [6.07, 6.45) is 1.87. The van der Waals surface area contributed by atoms with Crippen LogP contribution in [0.2, 0.25) is 0 Å². The Labute approximate surface area is 163 Å². The van der Waals surface area contributed by atoms with Crippen LogP contribution in [-0.2, 0) is 19.0 Å². The average Bonchev–Trinajstić information content (AvgIpc) is 2.59. The van der Waals surface area contributed by atoms with Crippen molar-refractivity contribution < 1.29 is 23.8 Å². The van der Waals surface area contributed by atoms with Gasteiger partial charge in [0.25, 0.3) is 0 Å². The third-order valence-electron chi connectivity index (χ3n) is 4.37. The summed E-state index contributed by atoms with van der Waals surface area (Å²) in [5.74, 6) is -0.122. The Hall–Kier alpha value is -1.38. The Morgan fingerprint density at radius 1 is 1.22 bits per heavy atom. The van der Waals surface area contributed by atoms with Gasteiger partial charge in [-0.15, -0.1) is 0 Å². The SMILES string of the molecule is COCCCN(C)CCNC(=O)C(NC(=O)OC(C)(C)C)C1CCOCC1. The van der Waals surface area contributed by atoms with E-state index in [0.717, 1.165) is 39.0 Å². The molecule has 1 aliphatic rings. The summed E-state index contributed by atoms with van der Waals surface area (Å²) in [5, 5.41) is 5.71. The molecule has 0 aromatic carbocycles. The highest BCUT2D eigenvalue weighted by Gasteiger charge is 2.32. The van der Waals surface area contributed by atoms with Crippen molar-refractivity contribution in [2.24, 2.45) is 5.92 Å². The van der Waals surface area contributed by atoms with Crippen LogP contribution >= 0.6 is 0 Å². The van der Waals surface area contributed by atoms with E-state index in [9.17, 15) is 9.59 Å². The molecule has 1 heterocycles. The number of hydrogen-bond acceptors (Lipinski definition) is 6. The predicted octanol–water partition coefficient (Wildman–Crippen LogP) is 1.39. The average molecular weight is 388 g/mol. The Morgan fingerprint density at radius 2 is 1.89 bits per heavy atom. The summed E-state index contributed by atoms with van der Waals surface area (Å²) < 4.78 is 15.8. The van der Waals surface area contributed by atoms with Gasteiger partial charge in [-0.3, -0.25) is 4.79 Å². The summed E-state index contributed by atoms with van der Waals surface area (Å²) >= 11 is 0. The number of amides is 2. The molecule has 158 valence electrons. The highest BCUT2D eigenvalue weighted by atomic mass is 16.6. The van der Waals surface area contributed by atoms with Gasteiger partial charge in [0.2, 0.25) is 5.91 Å². The summed E-state index contributed by atoms with van der Waals surface area (Å²) in [5.41, 5.74) is -0.605. The molecule has 0 radical (unpaired) electrons. The van der Waals surface area contributed by atoms with Crippen molar-refractivity contribution in [3.05, 3.63) is 0 Å². The number of nitrogens with zero attached hydrogens (tertiary/aromatic N) is 1. The van der Waals surface area contributed by atoms with Crippen molar-refractivity contribution in [1.29, 1.82) is 0 Å². The zero-order valence-corrected chi connectivity index (χ0v) is 17.5. The van der Waals surface area contributed by atoms with Gasteiger partial charge < -0.3 is 29.7 Å². The van der Waals surface area contributed by atoms with E-state index < -0.39 is 17.7 Å². The van der Waals surface area contributed by atoms with Crippen molar-refractivity contribution in [2.75, 3.05) is 53.6 Å². The smallest absolute Gasteiger partial charge is 0.408 e. The standard InChI is InChI=1S/C19H37N3O5/c1-19(2,3)27-18(24)21-16(15-7-13-26-14-8-15)17(23)20-9-11-22(4)10-6-12-25-5/h15-16H,6-14H2,1-5H3,(H,20,23)(H,21,24). The highest BCUT2D eigenvalue weighted by Crippen LogP contribution is 2.20. The minimum Gasteiger partial charge on any atom is -0.444 e. The van der Waals surface area contributed by atoms with Gasteiger partial charge in [-0.05, 0) is 53.0 Å². The first-order chi connectivity index (χ1) is 12.7. The number of carbonyl (C=O) groups is 2. The fraction of sp³-hybridized carbons (Fsp3) is 0.895. The molecule has 8 heteroatoms. The molecule has 1 atom stereocenters. The molecule has 0 aliphatic carbocycles. The van der Waals surface area contributed by atoms with Crippen LogP contribution in [0.15, 0.2) is 0 Å². The minimum atomic E-state index is -0.609. The molecule has 1 rings (SSSR count). The van der Waals surface area contributed by atoms with Crippen LogP contribution in [0, 0.1) is 5.92 Å². The topological polar surface area (TPSA) is 89.1 Å². The number of likely N-dealkylation sites (N-methyl/N-ethyl adjacent to an activating group) is 1. The number of nitrogens with one attached hydrogen (secondary N) is 2. The molecular formula is C19H37N3O5. The lowest BCUT2D eigenvalue weighted by molar-refractivity contribution is -0.125. The zero-order chi connectivity index (χ0) is 20.3. The number of alkyl carbamates (subject to hydrolysis) is 1. The molecule has 0 spiro atoms. The van der Waals surface area contributed by atoms with Crippen LogP contribution in [0.5, 0.6) is 0 Å². The quantitative estimate of drug-likeness (QED) is 0.551. The molecule has 1 unspecified atom stereocenters. The maximum Gasteiger partial charge on any atom is 0.408 e. The highest BCUT2D eigenvalue weighted by molar-refractivity contribution is 5.86. The monoisotopic (exact) mass is 387 g/mol. The lowest BCUT2D eigenvalue weighted by Crippen LogP contribution is -2.53. The maximum absolute atomic E-state index is 12.7. The Balaban J connectivity index is 2.53. The van der Waals surface area contributed by atoms with Gasteiger partial charge in [-0.1, -0.05) is 0 Å². The first-order valence-electron chi connectivity index (χ1n) is 9.75. The van der Waals surface area contributed by atoms with Crippen molar-refractivity contribution >= 4 is 12.0 Å². The second kappa shape index (κ2) is 12.2. The lowest BCUT2D eigenvalue weighted by Gasteiger charge is -2.31. The molecular weight excluding hydrogens is 350 g/mol. The minimum absolute atomic E-state index is 0.0469. The van der Waals surface area contributed by atoms with Crippen LogP contribution in [-0.4, -0.2) is 82.2 Å². The fourth-order valence-electron chi connectivity index (χ4n) is 2.95. The van der Waals surface area contributed by atoms with Gasteiger partial charge in [0.1, 0.15) is 11.6 Å². The van der Waals surface area contributed by atoms with E-state index in [2.05, 4.69) is 15.5 Å². The number of hydrogen-bond donors (Lipinski definition) is 2. The van der Waals surface area contributed by atoms with Crippen molar-refractivity contribution in [3.8, 4) is 0 Å².